The predicted molar refractivity (Wildman–Crippen MR) is 80.6 cm³/mol. The summed E-state index contributed by atoms with van der Waals surface area (Å²) in [4.78, 5) is 1.86. The molecule has 1 saturated heterocycles. The summed E-state index contributed by atoms with van der Waals surface area (Å²) in [6.07, 6.45) is -3.44. The second-order valence-electron chi connectivity index (χ2n) is 5.90. The molecule has 3 rings (SSSR count). The molecular weight excluding hydrogens is 323 g/mol. The lowest BCUT2D eigenvalue weighted by molar-refractivity contribution is -0.138. The zero-order chi connectivity index (χ0) is 17.2. The van der Waals surface area contributed by atoms with Gasteiger partial charge in [0.1, 0.15) is 0 Å². The van der Waals surface area contributed by atoms with Gasteiger partial charge in [0.15, 0.2) is 0 Å². The Hall–Kier alpha value is -2.16. The van der Waals surface area contributed by atoms with E-state index in [1.165, 1.54) is 16.8 Å². The average molecular weight is 341 g/mol. The molecule has 2 heterocycles. The van der Waals surface area contributed by atoms with E-state index in [9.17, 15) is 13.2 Å². The fourth-order valence-electron chi connectivity index (χ4n) is 2.87. The zero-order valence-corrected chi connectivity index (χ0v) is 13.2. The molecule has 0 saturated carbocycles. The van der Waals surface area contributed by atoms with Gasteiger partial charge < -0.3 is 9.64 Å². The van der Waals surface area contributed by atoms with E-state index in [1.807, 2.05) is 11.9 Å². The van der Waals surface area contributed by atoms with E-state index >= 15 is 0 Å². The van der Waals surface area contributed by atoms with Crippen LogP contribution in [-0.2, 0) is 17.5 Å². The molecule has 1 fully saturated rings. The maximum Gasteiger partial charge on any atom is 0.416 e. The predicted octanol–water partition coefficient (Wildman–Crippen LogP) is 2.21. The van der Waals surface area contributed by atoms with Crippen LogP contribution in [0.25, 0.3) is 0 Å². The first-order chi connectivity index (χ1) is 11.4. The molecule has 1 unspecified atom stereocenters. The number of anilines is 1. The molecule has 0 N–H and O–H groups in total. The molecule has 130 valence electrons. The van der Waals surface area contributed by atoms with Crippen LogP contribution < -0.4 is 4.90 Å². The van der Waals surface area contributed by atoms with Crippen LogP contribution in [0.4, 0.5) is 19.1 Å². The van der Waals surface area contributed by atoms with E-state index in [1.54, 1.807) is 6.07 Å². The van der Waals surface area contributed by atoms with Crippen LogP contribution in [0.1, 0.15) is 17.5 Å². The molecule has 1 aliphatic heterocycles. The van der Waals surface area contributed by atoms with Gasteiger partial charge in [0, 0.05) is 26.1 Å². The van der Waals surface area contributed by atoms with E-state index in [-0.39, 0.29) is 12.1 Å². The summed E-state index contributed by atoms with van der Waals surface area (Å²) in [6.45, 7) is 2.08. The van der Waals surface area contributed by atoms with Crippen molar-refractivity contribution in [1.82, 2.24) is 20.2 Å². The number of hydrogen-bond donors (Lipinski definition) is 0. The van der Waals surface area contributed by atoms with Gasteiger partial charge in [-0.15, -0.1) is 0 Å². The van der Waals surface area contributed by atoms with Crippen LogP contribution in [-0.4, -0.2) is 47.0 Å². The van der Waals surface area contributed by atoms with Crippen molar-refractivity contribution >= 4 is 5.95 Å². The Kier molecular flexibility index (Phi) is 4.70. The van der Waals surface area contributed by atoms with Crippen molar-refractivity contribution in [2.75, 3.05) is 31.7 Å². The van der Waals surface area contributed by atoms with Crippen molar-refractivity contribution in [1.29, 1.82) is 0 Å². The molecule has 0 radical (unpaired) electrons. The summed E-state index contributed by atoms with van der Waals surface area (Å²) in [5, 5.41) is 11.4. The molecule has 1 aromatic carbocycles. The molecule has 1 atom stereocenters. The lowest BCUT2D eigenvalue weighted by Crippen LogP contribution is -2.28. The summed E-state index contributed by atoms with van der Waals surface area (Å²) in [6, 6.07) is 5.46. The second-order valence-corrected chi connectivity index (χ2v) is 5.90. The van der Waals surface area contributed by atoms with Gasteiger partial charge in [-0.05, 0) is 28.5 Å². The largest absolute Gasteiger partial charge is 0.416 e. The summed E-state index contributed by atoms with van der Waals surface area (Å²) in [7, 11) is 1.83. The maximum atomic E-state index is 13.1. The van der Waals surface area contributed by atoms with E-state index in [0.717, 1.165) is 19.1 Å². The number of tetrazole rings is 1. The first-order valence-electron chi connectivity index (χ1n) is 7.65. The van der Waals surface area contributed by atoms with Crippen molar-refractivity contribution in [3.63, 3.8) is 0 Å². The van der Waals surface area contributed by atoms with E-state index in [4.69, 9.17) is 4.74 Å². The maximum absolute atomic E-state index is 13.1. The topological polar surface area (TPSA) is 56.1 Å². The van der Waals surface area contributed by atoms with Gasteiger partial charge in [-0.2, -0.15) is 13.2 Å². The number of aromatic nitrogens is 4. The normalized spacial score (nSPS) is 18.1. The van der Waals surface area contributed by atoms with Crippen LogP contribution in [0, 0.1) is 5.92 Å². The van der Waals surface area contributed by atoms with E-state index in [0.29, 0.717) is 25.0 Å². The standard InChI is InChI=1S/C15H18F3N5O/c1-22(8-11-6-7-24-10-11)14-19-20-21-23(14)9-12-4-2-3-5-13(12)15(16,17)18/h2-5,11H,6-10H2,1H3. The SMILES string of the molecule is CN(CC1CCOC1)c1nnnn1Cc1ccccc1C(F)(F)F. The molecule has 1 aromatic heterocycles. The highest BCUT2D eigenvalue weighted by Crippen LogP contribution is 2.32. The molecule has 9 heteroatoms. The number of ether oxygens (including phenoxy) is 1. The number of benzene rings is 1. The first-order valence-corrected chi connectivity index (χ1v) is 7.65. The molecule has 0 amide bonds. The van der Waals surface area contributed by atoms with Gasteiger partial charge in [0.25, 0.3) is 0 Å². The van der Waals surface area contributed by atoms with Gasteiger partial charge in [0.05, 0.1) is 18.7 Å². The van der Waals surface area contributed by atoms with Gasteiger partial charge in [-0.1, -0.05) is 23.3 Å². The van der Waals surface area contributed by atoms with Crippen molar-refractivity contribution in [3.05, 3.63) is 35.4 Å². The summed E-state index contributed by atoms with van der Waals surface area (Å²) in [5.74, 6) is 0.821. The quantitative estimate of drug-likeness (QED) is 0.835. The Labute approximate surface area is 137 Å². The Bertz CT molecular complexity index is 682. The lowest BCUT2D eigenvalue weighted by atomic mass is 10.1. The minimum absolute atomic E-state index is 0.0382. The molecule has 0 bridgehead atoms. The van der Waals surface area contributed by atoms with Gasteiger partial charge in [0.2, 0.25) is 5.95 Å². The number of nitrogens with zero attached hydrogens (tertiary/aromatic N) is 5. The first kappa shape index (κ1) is 16.7. The minimum Gasteiger partial charge on any atom is -0.381 e. The Morgan fingerprint density at radius 1 is 1.33 bits per heavy atom. The third-order valence-electron chi connectivity index (χ3n) is 4.05. The van der Waals surface area contributed by atoms with Crippen molar-refractivity contribution in [2.45, 2.75) is 19.1 Å². The number of halogens is 3. The molecular formula is C15H18F3N5O. The highest BCUT2D eigenvalue weighted by atomic mass is 19.4. The highest BCUT2D eigenvalue weighted by Gasteiger charge is 2.33. The molecule has 1 aliphatic rings. The summed E-state index contributed by atoms with van der Waals surface area (Å²) >= 11 is 0. The van der Waals surface area contributed by atoms with Gasteiger partial charge >= 0.3 is 6.18 Å². The van der Waals surface area contributed by atoms with Crippen molar-refractivity contribution in [3.8, 4) is 0 Å². The van der Waals surface area contributed by atoms with Crippen LogP contribution in [0.15, 0.2) is 24.3 Å². The number of hydrogen-bond acceptors (Lipinski definition) is 5. The Balaban J connectivity index is 1.79. The highest BCUT2D eigenvalue weighted by molar-refractivity contribution is 5.32. The average Bonchev–Trinajstić information content (AvgIpc) is 3.18. The monoisotopic (exact) mass is 341 g/mol. The third-order valence-corrected chi connectivity index (χ3v) is 4.05. The Morgan fingerprint density at radius 2 is 2.12 bits per heavy atom. The van der Waals surface area contributed by atoms with Crippen LogP contribution in [0.3, 0.4) is 0 Å². The van der Waals surface area contributed by atoms with E-state index in [2.05, 4.69) is 15.5 Å². The van der Waals surface area contributed by atoms with Crippen LogP contribution in [0.2, 0.25) is 0 Å². The minimum atomic E-state index is -4.40. The van der Waals surface area contributed by atoms with Crippen LogP contribution in [0.5, 0.6) is 0 Å². The summed E-state index contributed by atoms with van der Waals surface area (Å²) in [5.41, 5.74) is -0.533. The Morgan fingerprint density at radius 3 is 2.83 bits per heavy atom. The second kappa shape index (κ2) is 6.76. The fourth-order valence-corrected chi connectivity index (χ4v) is 2.87. The molecule has 2 aromatic rings. The number of alkyl halides is 3. The smallest absolute Gasteiger partial charge is 0.381 e. The molecule has 6 nitrogen and oxygen atoms in total. The fraction of sp³-hybridized carbons (Fsp3) is 0.533. The molecule has 24 heavy (non-hydrogen) atoms. The summed E-state index contributed by atoms with van der Waals surface area (Å²) < 4.78 is 46.1. The molecule has 0 spiro atoms. The lowest BCUT2D eigenvalue weighted by Gasteiger charge is -2.21. The van der Waals surface area contributed by atoms with Gasteiger partial charge in [-0.25, -0.2) is 4.68 Å². The van der Waals surface area contributed by atoms with Gasteiger partial charge in [-0.3, -0.25) is 0 Å². The van der Waals surface area contributed by atoms with Crippen LogP contribution >= 0.6 is 0 Å². The van der Waals surface area contributed by atoms with Crippen molar-refractivity contribution < 1.29 is 17.9 Å². The van der Waals surface area contributed by atoms with E-state index < -0.39 is 11.7 Å². The van der Waals surface area contributed by atoms with Crippen molar-refractivity contribution in [2.24, 2.45) is 5.92 Å². The number of rotatable bonds is 5. The third kappa shape index (κ3) is 3.66. The zero-order valence-electron chi connectivity index (χ0n) is 13.2. The molecule has 0 aliphatic carbocycles.